The van der Waals surface area contributed by atoms with Crippen LogP contribution in [0.5, 0.6) is 5.75 Å². The molecule has 0 spiro atoms. The minimum absolute atomic E-state index is 0.114. The minimum atomic E-state index is -4.58. The molecule has 0 bridgehead atoms. The number of nitrogens with zero attached hydrogens (tertiary/aromatic N) is 4. The van der Waals surface area contributed by atoms with Gasteiger partial charge in [-0.25, -0.2) is 4.68 Å². The molecule has 1 atom stereocenters. The quantitative estimate of drug-likeness (QED) is 0.522. The molecule has 0 unspecified atom stereocenters. The zero-order valence-electron chi connectivity index (χ0n) is 20.4. The van der Waals surface area contributed by atoms with Crippen LogP contribution >= 0.6 is 11.3 Å². The van der Waals surface area contributed by atoms with E-state index in [-0.39, 0.29) is 22.8 Å². The second-order valence-corrected chi connectivity index (χ2v) is 10.7. The van der Waals surface area contributed by atoms with E-state index in [2.05, 4.69) is 15.0 Å². The van der Waals surface area contributed by atoms with E-state index in [9.17, 15) is 18.0 Å². The molecule has 3 rings (SSSR count). The third-order valence-electron chi connectivity index (χ3n) is 5.82. The number of hydrogen-bond acceptors (Lipinski definition) is 5. The second kappa shape index (κ2) is 10.6. The normalized spacial score (nSPS) is 18.0. The summed E-state index contributed by atoms with van der Waals surface area (Å²) >= 11 is 1.28. The first-order chi connectivity index (χ1) is 15.9. The van der Waals surface area contributed by atoms with Gasteiger partial charge in [0.05, 0.1) is 11.1 Å². The Kier molecular flexibility index (Phi) is 8.23. The first-order valence-corrected chi connectivity index (χ1v) is 12.4. The standard InChI is InChI=1S/C24H33F3N4O2S/c1-6-7-13-31-22(34-21(29-31)23(2,3)4)28-20(32)18-14-16(24(25,26)27)10-11-19(18)33-15-17-9-8-12-30(17)5/h10-11,14,17H,6-9,12-13,15H2,1-5H3/b28-22-/t17-/m0/s1. The van der Waals surface area contributed by atoms with E-state index in [1.165, 1.54) is 17.4 Å². The highest BCUT2D eigenvalue weighted by Crippen LogP contribution is 2.33. The number of alkyl halides is 3. The van der Waals surface area contributed by atoms with Crippen LogP contribution in [0.3, 0.4) is 0 Å². The summed E-state index contributed by atoms with van der Waals surface area (Å²) in [6, 6.07) is 3.16. The van der Waals surface area contributed by atoms with Crippen molar-refractivity contribution in [2.24, 2.45) is 4.99 Å². The van der Waals surface area contributed by atoms with Gasteiger partial charge in [-0.2, -0.15) is 23.3 Å². The highest BCUT2D eigenvalue weighted by atomic mass is 32.1. The summed E-state index contributed by atoms with van der Waals surface area (Å²) in [4.78, 5) is 19.9. The summed E-state index contributed by atoms with van der Waals surface area (Å²) in [6.45, 7) is 9.92. The molecule has 34 heavy (non-hydrogen) atoms. The number of ether oxygens (including phenoxy) is 1. The first-order valence-electron chi connectivity index (χ1n) is 11.6. The van der Waals surface area contributed by atoms with Gasteiger partial charge in [-0.05, 0) is 51.1 Å². The average molecular weight is 499 g/mol. The van der Waals surface area contributed by atoms with E-state index in [1.54, 1.807) is 4.68 Å². The number of aryl methyl sites for hydroxylation is 1. The number of unbranched alkanes of at least 4 members (excludes halogenated alkanes) is 1. The van der Waals surface area contributed by atoms with Crippen molar-refractivity contribution in [3.63, 3.8) is 0 Å². The highest BCUT2D eigenvalue weighted by Gasteiger charge is 2.32. The maximum absolute atomic E-state index is 13.4. The number of carbonyl (C=O) groups excluding carboxylic acids is 1. The molecule has 1 aromatic heterocycles. The fourth-order valence-corrected chi connectivity index (χ4v) is 4.66. The zero-order valence-corrected chi connectivity index (χ0v) is 21.2. The van der Waals surface area contributed by atoms with Gasteiger partial charge in [0, 0.05) is 18.0 Å². The molecule has 1 saturated heterocycles. The van der Waals surface area contributed by atoms with Gasteiger partial charge >= 0.3 is 6.18 Å². The van der Waals surface area contributed by atoms with Crippen LogP contribution in [0.1, 0.15) is 74.3 Å². The number of halogens is 3. The van der Waals surface area contributed by atoms with Gasteiger partial charge in [0.1, 0.15) is 17.4 Å². The van der Waals surface area contributed by atoms with Gasteiger partial charge in [0.15, 0.2) is 0 Å². The molecule has 2 aromatic rings. The fraction of sp³-hybridized carbons (Fsp3) is 0.625. The summed E-state index contributed by atoms with van der Waals surface area (Å²) in [7, 11) is 1.99. The summed E-state index contributed by atoms with van der Waals surface area (Å²) in [5.74, 6) is -0.655. The zero-order chi connectivity index (χ0) is 25.1. The van der Waals surface area contributed by atoms with Crippen molar-refractivity contribution in [2.45, 2.75) is 77.6 Å². The lowest BCUT2D eigenvalue weighted by Crippen LogP contribution is -2.30. The number of aromatic nitrogens is 2. The lowest BCUT2D eigenvalue weighted by Gasteiger charge is -2.20. The summed E-state index contributed by atoms with van der Waals surface area (Å²) < 4.78 is 47.8. The molecule has 6 nitrogen and oxygen atoms in total. The van der Waals surface area contributed by atoms with Gasteiger partial charge in [0.25, 0.3) is 5.91 Å². The molecule has 0 aliphatic carbocycles. The third kappa shape index (κ3) is 6.47. The predicted molar refractivity (Wildman–Crippen MR) is 126 cm³/mol. The van der Waals surface area contributed by atoms with Crippen LogP contribution in [0.4, 0.5) is 13.2 Å². The monoisotopic (exact) mass is 498 g/mol. The largest absolute Gasteiger partial charge is 0.491 e. The van der Waals surface area contributed by atoms with E-state index in [0.717, 1.165) is 49.4 Å². The molecule has 1 aliphatic rings. The van der Waals surface area contributed by atoms with Gasteiger partial charge < -0.3 is 9.64 Å². The lowest BCUT2D eigenvalue weighted by atomic mass is 9.98. The molecule has 0 radical (unpaired) electrons. The molecule has 0 N–H and O–H groups in total. The molecule has 10 heteroatoms. The van der Waals surface area contributed by atoms with Crippen molar-refractivity contribution in [2.75, 3.05) is 20.2 Å². The van der Waals surface area contributed by atoms with Gasteiger partial charge in [0.2, 0.25) is 4.80 Å². The second-order valence-electron chi connectivity index (χ2n) is 9.73. The molecular formula is C24H33F3N4O2S. The maximum atomic E-state index is 13.4. The van der Waals surface area contributed by atoms with Crippen molar-refractivity contribution < 1.29 is 22.7 Å². The van der Waals surface area contributed by atoms with Crippen LogP contribution in [0.15, 0.2) is 23.2 Å². The molecular weight excluding hydrogens is 465 g/mol. The smallest absolute Gasteiger partial charge is 0.416 e. The summed E-state index contributed by atoms with van der Waals surface area (Å²) in [5.41, 5.74) is -1.34. The summed E-state index contributed by atoms with van der Waals surface area (Å²) in [6.07, 6.45) is -0.813. The number of likely N-dealkylation sites (N-methyl/N-ethyl adjacent to an activating group) is 1. The Hall–Kier alpha value is -2.20. The predicted octanol–water partition coefficient (Wildman–Crippen LogP) is 5.28. The number of amides is 1. The van der Waals surface area contributed by atoms with E-state index >= 15 is 0 Å². The Morgan fingerprint density at radius 3 is 2.62 bits per heavy atom. The van der Waals surface area contributed by atoms with Gasteiger partial charge in [-0.15, -0.1) is 0 Å². The third-order valence-corrected chi connectivity index (χ3v) is 7.19. The van der Waals surface area contributed by atoms with E-state index in [4.69, 9.17) is 4.74 Å². The number of likely N-dealkylation sites (tertiary alicyclic amines) is 1. The number of benzene rings is 1. The molecule has 1 aromatic carbocycles. The van der Waals surface area contributed by atoms with Gasteiger partial charge in [-0.1, -0.05) is 45.5 Å². The summed E-state index contributed by atoms with van der Waals surface area (Å²) in [5, 5.41) is 5.42. The Labute approximate surface area is 202 Å². The Bertz CT molecular complexity index is 1070. The minimum Gasteiger partial charge on any atom is -0.491 e. The molecule has 188 valence electrons. The average Bonchev–Trinajstić information content (AvgIpc) is 3.35. The van der Waals surface area contributed by atoms with Gasteiger partial charge in [-0.3, -0.25) is 4.79 Å². The van der Waals surface area contributed by atoms with Crippen molar-refractivity contribution in [3.8, 4) is 5.75 Å². The van der Waals surface area contributed by atoms with Crippen LogP contribution in [0.25, 0.3) is 0 Å². The number of carbonyl (C=O) groups is 1. The maximum Gasteiger partial charge on any atom is 0.416 e. The van der Waals surface area contributed by atoms with Crippen LogP contribution in [-0.4, -0.2) is 46.8 Å². The Balaban J connectivity index is 2.00. The van der Waals surface area contributed by atoms with Crippen molar-refractivity contribution in [1.29, 1.82) is 0 Å². The van der Waals surface area contributed by atoms with Crippen LogP contribution in [0.2, 0.25) is 0 Å². The molecule has 1 aliphatic heterocycles. The molecule has 1 amide bonds. The van der Waals surface area contributed by atoms with E-state index < -0.39 is 17.6 Å². The fourth-order valence-electron chi connectivity index (χ4n) is 3.67. The van der Waals surface area contributed by atoms with E-state index in [0.29, 0.717) is 18.0 Å². The number of rotatable bonds is 7. The van der Waals surface area contributed by atoms with E-state index in [1.807, 2.05) is 34.7 Å². The van der Waals surface area contributed by atoms with Crippen molar-refractivity contribution in [3.05, 3.63) is 39.1 Å². The Morgan fingerprint density at radius 2 is 2.03 bits per heavy atom. The van der Waals surface area contributed by atoms with Crippen molar-refractivity contribution in [1.82, 2.24) is 14.7 Å². The highest BCUT2D eigenvalue weighted by molar-refractivity contribution is 7.09. The molecule has 0 saturated carbocycles. The SMILES string of the molecule is CCCCn1nc(C(C)(C)C)s/c1=N\C(=O)c1cc(C(F)(F)F)ccc1OC[C@@H]1CCCN1C. The van der Waals surface area contributed by atoms with Crippen LogP contribution < -0.4 is 9.54 Å². The lowest BCUT2D eigenvalue weighted by molar-refractivity contribution is -0.137. The molecule has 1 fully saturated rings. The topological polar surface area (TPSA) is 59.7 Å². The number of hydrogen-bond donors (Lipinski definition) is 0. The Morgan fingerprint density at radius 1 is 1.29 bits per heavy atom. The van der Waals surface area contributed by atoms with Crippen molar-refractivity contribution >= 4 is 17.2 Å². The first kappa shape index (κ1) is 26.4. The van der Waals surface area contributed by atoms with Crippen LogP contribution in [-0.2, 0) is 18.1 Å². The van der Waals surface area contributed by atoms with Crippen LogP contribution in [0, 0.1) is 0 Å². The molecule has 2 heterocycles.